The van der Waals surface area contributed by atoms with Crippen LogP contribution in [0.4, 0.5) is 5.69 Å². The van der Waals surface area contributed by atoms with E-state index in [1.807, 2.05) is 12.1 Å². The molecule has 1 unspecified atom stereocenters. The number of carbonyl (C=O) groups excluding carboxylic acids is 2. The van der Waals surface area contributed by atoms with E-state index < -0.39 is 0 Å². The Bertz CT molecular complexity index is 593. The molecule has 3 rings (SSSR count). The molecule has 0 aliphatic carbocycles. The maximum absolute atomic E-state index is 12.8. The highest BCUT2D eigenvalue weighted by atomic mass is 79.9. The number of piperidine rings is 1. The Morgan fingerprint density at radius 2 is 2.00 bits per heavy atom. The minimum absolute atomic E-state index is 0.0229. The molecule has 0 N–H and O–H groups in total. The Kier molecular flexibility index (Phi) is 4.22. The topological polar surface area (TPSA) is 40.6 Å². The van der Waals surface area contributed by atoms with E-state index in [1.165, 1.54) is 0 Å². The van der Waals surface area contributed by atoms with E-state index in [2.05, 4.69) is 15.9 Å². The highest BCUT2D eigenvalue weighted by Gasteiger charge is 2.38. The Labute approximate surface area is 137 Å². The molecular weight excluding hydrogens is 356 g/mol. The number of hydrogen-bond donors (Lipinski definition) is 0. The van der Waals surface area contributed by atoms with Crippen molar-refractivity contribution >= 4 is 45.0 Å². The first-order chi connectivity index (χ1) is 10.1. The summed E-state index contributed by atoms with van der Waals surface area (Å²) < 4.78 is 0.755. The lowest BCUT2D eigenvalue weighted by molar-refractivity contribution is -0.138. The first-order valence-corrected chi connectivity index (χ1v) is 8.31. The first kappa shape index (κ1) is 14.9. The van der Waals surface area contributed by atoms with Crippen LogP contribution < -0.4 is 4.90 Å². The molecule has 0 saturated carbocycles. The maximum Gasteiger partial charge on any atom is 0.249 e. The summed E-state index contributed by atoms with van der Waals surface area (Å²) in [6.07, 6.45) is 3.12. The fourth-order valence-corrected chi connectivity index (χ4v) is 3.52. The van der Waals surface area contributed by atoms with Crippen molar-refractivity contribution in [1.29, 1.82) is 0 Å². The fourth-order valence-electron chi connectivity index (χ4n) is 3.04. The maximum atomic E-state index is 12.8. The van der Waals surface area contributed by atoms with Gasteiger partial charge in [-0.2, -0.15) is 0 Å². The predicted molar refractivity (Wildman–Crippen MR) is 85.5 cm³/mol. The lowest BCUT2D eigenvalue weighted by Crippen LogP contribution is -2.49. The molecule has 2 heterocycles. The number of halogens is 2. The Morgan fingerprint density at radius 1 is 1.19 bits per heavy atom. The zero-order valence-corrected chi connectivity index (χ0v) is 13.9. The van der Waals surface area contributed by atoms with Crippen molar-refractivity contribution in [3.8, 4) is 0 Å². The lowest BCUT2D eigenvalue weighted by atomic mass is 10.0. The smallest absolute Gasteiger partial charge is 0.249 e. The number of hydrogen-bond acceptors (Lipinski definition) is 2. The van der Waals surface area contributed by atoms with Crippen molar-refractivity contribution in [3.63, 3.8) is 0 Å². The van der Waals surface area contributed by atoms with Gasteiger partial charge in [0.25, 0.3) is 0 Å². The molecule has 2 amide bonds. The highest BCUT2D eigenvalue weighted by Crippen LogP contribution is 2.31. The van der Waals surface area contributed by atoms with E-state index in [-0.39, 0.29) is 17.9 Å². The summed E-state index contributed by atoms with van der Waals surface area (Å²) in [6.45, 7) is 1.13. The molecule has 112 valence electrons. The van der Waals surface area contributed by atoms with Crippen LogP contribution in [0.2, 0.25) is 5.02 Å². The molecule has 0 radical (unpaired) electrons. The van der Waals surface area contributed by atoms with Gasteiger partial charge in [0.05, 0.1) is 5.02 Å². The highest BCUT2D eigenvalue weighted by molar-refractivity contribution is 9.10. The van der Waals surface area contributed by atoms with Crippen molar-refractivity contribution in [2.75, 3.05) is 18.0 Å². The van der Waals surface area contributed by atoms with Gasteiger partial charge in [-0.15, -0.1) is 0 Å². The van der Waals surface area contributed by atoms with E-state index in [9.17, 15) is 9.59 Å². The second kappa shape index (κ2) is 5.97. The van der Waals surface area contributed by atoms with Gasteiger partial charge in [0.2, 0.25) is 11.8 Å². The SMILES string of the molecule is O=C1C2CCCCN2C(=O)CCN1c1ccc(Cl)c(Br)c1. The summed E-state index contributed by atoms with van der Waals surface area (Å²) in [5.74, 6) is 0.110. The van der Waals surface area contributed by atoms with Crippen LogP contribution in [0.15, 0.2) is 22.7 Å². The fraction of sp³-hybridized carbons (Fsp3) is 0.467. The second-order valence-electron chi connectivity index (χ2n) is 5.44. The molecule has 2 aliphatic rings. The molecule has 2 fully saturated rings. The molecule has 0 bridgehead atoms. The molecule has 2 aliphatic heterocycles. The number of anilines is 1. The monoisotopic (exact) mass is 370 g/mol. The van der Waals surface area contributed by atoms with E-state index >= 15 is 0 Å². The number of fused-ring (bicyclic) bond motifs is 1. The van der Waals surface area contributed by atoms with Gasteiger partial charge in [-0.25, -0.2) is 0 Å². The largest absolute Gasteiger partial charge is 0.331 e. The molecule has 21 heavy (non-hydrogen) atoms. The minimum atomic E-state index is -0.303. The summed E-state index contributed by atoms with van der Waals surface area (Å²) in [5.41, 5.74) is 0.788. The van der Waals surface area contributed by atoms with E-state index in [0.717, 1.165) is 29.4 Å². The molecular formula is C15H16BrClN2O2. The number of carbonyl (C=O) groups is 2. The average molecular weight is 372 g/mol. The van der Waals surface area contributed by atoms with Crippen molar-refractivity contribution in [2.24, 2.45) is 0 Å². The van der Waals surface area contributed by atoms with Gasteiger partial charge < -0.3 is 9.80 Å². The minimum Gasteiger partial charge on any atom is -0.331 e. The number of amides is 2. The average Bonchev–Trinajstić information content (AvgIpc) is 2.61. The standard InChI is InChI=1S/C15H16BrClN2O2/c16-11-9-10(4-5-12(11)17)18-8-6-14(20)19-7-2-1-3-13(19)15(18)21/h4-5,9,13H,1-3,6-8H2. The van der Waals surface area contributed by atoms with Crippen LogP contribution in [-0.2, 0) is 9.59 Å². The summed E-state index contributed by atoms with van der Waals surface area (Å²) >= 11 is 9.40. The van der Waals surface area contributed by atoms with Gasteiger partial charge >= 0.3 is 0 Å². The third kappa shape index (κ3) is 2.81. The third-order valence-electron chi connectivity index (χ3n) is 4.14. The normalized spacial score (nSPS) is 23.0. The molecule has 4 nitrogen and oxygen atoms in total. The van der Waals surface area contributed by atoms with Gasteiger partial charge in [0, 0.05) is 29.7 Å². The van der Waals surface area contributed by atoms with Gasteiger partial charge in [-0.3, -0.25) is 9.59 Å². The summed E-state index contributed by atoms with van der Waals surface area (Å²) in [5, 5.41) is 0.608. The summed E-state index contributed by atoms with van der Waals surface area (Å²) in [6, 6.07) is 5.12. The lowest BCUT2D eigenvalue weighted by Gasteiger charge is -2.34. The molecule has 1 atom stereocenters. The van der Waals surface area contributed by atoms with Crippen molar-refractivity contribution in [3.05, 3.63) is 27.7 Å². The Balaban J connectivity index is 1.93. The Morgan fingerprint density at radius 3 is 2.76 bits per heavy atom. The molecule has 2 saturated heterocycles. The third-order valence-corrected chi connectivity index (χ3v) is 5.35. The van der Waals surface area contributed by atoms with Crippen LogP contribution in [0.3, 0.4) is 0 Å². The van der Waals surface area contributed by atoms with Crippen LogP contribution in [0.1, 0.15) is 25.7 Å². The molecule has 1 aromatic rings. The summed E-state index contributed by atoms with van der Waals surface area (Å²) in [7, 11) is 0. The van der Waals surface area contributed by atoms with Crippen molar-refractivity contribution in [2.45, 2.75) is 31.7 Å². The molecule has 1 aromatic carbocycles. The number of nitrogens with zero attached hydrogens (tertiary/aromatic N) is 2. The zero-order chi connectivity index (χ0) is 15.0. The number of benzene rings is 1. The first-order valence-electron chi connectivity index (χ1n) is 7.14. The van der Waals surface area contributed by atoms with Crippen molar-refractivity contribution in [1.82, 2.24) is 4.90 Å². The van der Waals surface area contributed by atoms with Gasteiger partial charge in [-0.05, 0) is 53.4 Å². The van der Waals surface area contributed by atoms with E-state index in [1.54, 1.807) is 15.9 Å². The quantitative estimate of drug-likeness (QED) is 0.760. The number of rotatable bonds is 1. The van der Waals surface area contributed by atoms with E-state index in [4.69, 9.17) is 11.6 Å². The van der Waals surface area contributed by atoms with Gasteiger partial charge in [0.1, 0.15) is 6.04 Å². The van der Waals surface area contributed by atoms with Crippen LogP contribution >= 0.6 is 27.5 Å². The van der Waals surface area contributed by atoms with Gasteiger partial charge in [0.15, 0.2) is 0 Å². The van der Waals surface area contributed by atoms with Crippen LogP contribution in [0.5, 0.6) is 0 Å². The summed E-state index contributed by atoms with van der Waals surface area (Å²) in [4.78, 5) is 28.5. The van der Waals surface area contributed by atoms with Gasteiger partial charge in [-0.1, -0.05) is 11.6 Å². The van der Waals surface area contributed by atoms with Crippen LogP contribution in [-0.4, -0.2) is 35.8 Å². The molecule has 6 heteroatoms. The van der Waals surface area contributed by atoms with E-state index in [0.29, 0.717) is 24.5 Å². The van der Waals surface area contributed by atoms with Crippen molar-refractivity contribution < 1.29 is 9.59 Å². The predicted octanol–water partition coefficient (Wildman–Crippen LogP) is 3.22. The van der Waals surface area contributed by atoms with Crippen LogP contribution in [0.25, 0.3) is 0 Å². The second-order valence-corrected chi connectivity index (χ2v) is 6.70. The molecule has 0 spiro atoms. The molecule has 0 aromatic heterocycles. The Hall–Kier alpha value is -1.07. The van der Waals surface area contributed by atoms with Crippen LogP contribution in [0, 0.1) is 0 Å². The zero-order valence-electron chi connectivity index (χ0n) is 11.5.